The lowest BCUT2D eigenvalue weighted by Gasteiger charge is -2.11. The van der Waals surface area contributed by atoms with Gasteiger partial charge >= 0.3 is 0 Å². The number of rotatable bonds is 2. The molecule has 25 heavy (non-hydrogen) atoms. The predicted molar refractivity (Wildman–Crippen MR) is 100 cm³/mol. The van der Waals surface area contributed by atoms with Crippen LogP contribution in [0.2, 0.25) is 10.0 Å². The number of hydrogen-bond acceptors (Lipinski definition) is 2. The Bertz CT molecular complexity index is 919. The quantitative estimate of drug-likeness (QED) is 0.619. The topological polar surface area (TPSA) is 29.9 Å². The number of anilines is 1. The van der Waals surface area contributed by atoms with Gasteiger partial charge in [0.25, 0.3) is 0 Å². The fourth-order valence-corrected chi connectivity index (χ4v) is 3.55. The molecule has 0 unspecified atom stereocenters. The maximum Gasteiger partial charge on any atom is 0.133 e. The first kappa shape index (κ1) is 16.4. The van der Waals surface area contributed by atoms with Crippen LogP contribution >= 0.6 is 23.2 Å². The molecular weight excluding hydrogens is 360 g/mol. The zero-order valence-corrected chi connectivity index (χ0v) is 14.9. The molecule has 1 aliphatic rings. The van der Waals surface area contributed by atoms with Gasteiger partial charge in [-0.05, 0) is 55.7 Å². The van der Waals surface area contributed by atoms with Gasteiger partial charge < -0.3 is 5.32 Å². The normalized spacial score (nSPS) is 13.9. The summed E-state index contributed by atoms with van der Waals surface area (Å²) >= 11 is 12.6. The third kappa shape index (κ3) is 3.00. The Morgan fingerprint density at radius 3 is 2.64 bits per heavy atom. The number of halogens is 3. The molecule has 3 nitrogen and oxygen atoms in total. The van der Waals surface area contributed by atoms with E-state index in [1.165, 1.54) is 12.1 Å². The molecule has 2 aromatic carbocycles. The molecule has 0 saturated carbocycles. The van der Waals surface area contributed by atoms with Crippen LogP contribution in [-0.2, 0) is 6.42 Å². The van der Waals surface area contributed by atoms with Crippen LogP contribution in [0, 0.1) is 5.82 Å². The molecule has 0 fully saturated rings. The second-order valence-electron chi connectivity index (χ2n) is 6.05. The minimum Gasteiger partial charge on any atom is -0.370 e. The maximum atomic E-state index is 13.3. The van der Waals surface area contributed by atoms with E-state index in [1.54, 1.807) is 18.2 Å². The fourth-order valence-electron chi connectivity index (χ4n) is 3.17. The fraction of sp³-hybridized carbons (Fsp3) is 0.211. The van der Waals surface area contributed by atoms with Gasteiger partial charge in [0.05, 0.1) is 21.4 Å². The molecule has 128 valence electrons. The van der Waals surface area contributed by atoms with Gasteiger partial charge in [0.2, 0.25) is 0 Å². The average Bonchev–Trinajstić information content (AvgIpc) is 2.80. The van der Waals surface area contributed by atoms with Crippen molar-refractivity contribution in [2.24, 2.45) is 0 Å². The average molecular weight is 376 g/mol. The molecule has 2 heterocycles. The van der Waals surface area contributed by atoms with Gasteiger partial charge in [-0.15, -0.1) is 0 Å². The largest absolute Gasteiger partial charge is 0.370 e. The van der Waals surface area contributed by atoms with E-state index in [0.717, 1.165) is 54.1 Å². The predicted octanol–water partition coefficient (Wildman–Crippen LogP) is 5.73. The zero-order valence-electron chi connectivity index (χ0n) is 13.4. The second-order valence-corrected chi connectivity index (χ2v) is 6.84. The first-order chi connectivity index (χ1) is 12.1. The highest BCUT2D eigenvalue weighted by Crippen LogP contribution is 2.37. The number of nitrogens with zero attached hydrogens (tertiary/aromatic N) is 2. The molecule has 1 aromatic heterocycles. The van der Waals surface area contributed by atoms with Crippen LogP contribution in [0.5, 0.6) is 0 Å². The van der Waals surface area contributed by atoms with Crippen LogP contribution < -0.4 is 5.32 Å². The molecule has 0 amide bonds. The highest BCUT2D eigenvalue weighted by atomic mass is 35.5. The van der Waals surface area contributed by atoms with Gasteiger partial charge in [0.1, 0.15) is 11.6 Å². The first-order valence-corrected chi connectivity index (χ1v) is 8.97. The van der Waals surface area contributed by atoms with Crippen molar-refractivity contribution >= 4 is 29.0 Å². The molecule has 3 aromatic rings. The molecule has 0 saturated heterocycles. The van der Waals surface area contributed by atoms with E-state index in [1.807, 2.05) is 16.8 Å². The van der Waals surface area contributed by atoms with Crippen LogP contribution in [0.1, 0.15) is 18.4 Å². The van der Waals surface area contributed by atoms with Crippen molar-refractivity contribution in [3.05, 3.63) is 63.9 Å². The van der Waals surface area contributed by atoms with E-state index in [9.17, 15) is 4.39 Å². The van der Waals surface area contributed by atoms with Gasteiger partial charge in [0.15, 0.2) is 0 Å². The number of benzene rings is 2. The molecule has 4 rings (SSSR count). The molecule has 0 radical (unpaired) electrons. The zero-order chi connectivity index (χ0) is 17.4. The first-order valence-electron chi connectivity index (χ1n) is 8.21. The summed E-state index contributed by atoms with van der Waals surface area (Å²) in [5.41, 5.74) is 3.59. The van der Waals surface area contributed by atoms with Crippen LogP contribution in [0.3, 0.4) is 0 Å². The van der Waals surface area contributed by atoms with E-state index in [0.29, 0.717) is 10.0 Å². The van der Waals surface area contributed by atoms with Crippen LogP contribution in [0.25, 0.3) is 16.9 Å². The summed E-state index contributed by atoms with van der Waals surface area (Å²) in [6, 6.07) is 11.9. The van der Waals surface area contributed by atoms with E-state index in [-0.39, 0.29) is 5.82 Å². The Morgan fingerprint density at radius 1 is 1.04 bits per heavy atom. The summed E-state index contributed by atoms with van der Waals surface area (Å²) in [4.78, 5) is 0. The Kier molecular flexibility index (Phi) is 4.40. The molecular formula is C19H16Cl2FN3. The highest BCUT2D eigenvalue weighted by Gasteiger charge is 2.23. The van der Waals surface area contributed by atoms with E-state index >= 15 is 0 Å². The molecule has 0 aliphatic carbocycles. The monoisotopic (exact) mass is 375 g/mol. The number of nitrogens with one attached hydrogen (secondary N) is 1. The Labute approximate surface area is 155 Å². The summed E-state index contributed by atoms with van der Waals surface area (Å²) < 4.78 is 15.1. The maximum absolute atomic E-state index is 13.3. The summed E-state index contributed by atoms with van der Waals surface area (Å²) in [5, 5.41) is 9.21. The smallest absolute Gasteiger partial charge is 0.133 e. The minimum absolute atomic E-state index is 0.259. The molecule has 0 spiro atoms. The number of fused-ring (bicyclic) bond motifs is 1. The van der Waals surface area contributed by atoms with Crippen molar-refractivity contribution in [1.82, 2.24) is 9.78 Å². The summed E-state index contributed by atoms with van der Waals surface area (Å²) in [6.07, 6.45) is 3.07. The lowest BCUT2D eigenvalue weighted by Crippen LogP contribution is -2.07. The van der Waals surface area contributed by atoms with Gasteiger partial charge in [0, 0.05) is 17.7 Å². The standard InChI is InChI=1S/C19H16Cl2FN3/c20-15-5-3-6-16(17(15)21)25-19-14(4-1-2-11-23-19)18(24-25)12-7-9-13(22)10-8-12/h3,5-10,23H,1-2,4,11H2. The molecule has 1 aliphatic heterocycles. The van der Waals surface area contributed by atoms with Crippen molar-refractivity contribution in [1.29, 1.82) is 0 Å². The van der Waals surface area contributed by atoms with Crippen molar-refractivity contribution in [3.63, 3.8) is 0 Å². The second kappa shape index (κ2) is 6.70. The number of aromatic nitrogens is 2. The summed E-state index contributed by atoms with van der Waals surface area (Å²) in [7, 11) is 0. The van der Waals surface area contributed by atoms with Crippen molar-refractivity contribution in [3.8, 4) is 16.9 Å². The Hall–Kier alpha value is -2.04. The highest BCUT2D eigenvalue weighted by molar-refractivity contribution is 6.43. The van der Waals surface area contributed by atoms with Gasteiger partial charge in [-0.1, -0.05) is 29.3 Å². The molecule has 0 bridgehead atoms. The van der Waals surface area contributed by atoms with E-state index < -0.39 is 0 Å². The molecule has 1 N–H and O–H groups in total. The van der Waals surface area contributed by atoms with Crippen LogP contribution in [0.4, 0.5) is 10.2 Å². The van der Waals surface area contributed by atoms with Crippen LogP contribution in [0.15, 0.2) is 42.5 Å². The molecule has 6 heteroatoms. The van der Waals surface area contributed by atoms with E-state index in [2.05, 4.69) is 5.32 Å². The van der Waals surface area contributed by atoms with E-state index in [4.69, 9.17) is 28.3 Å². The van der Waals surface area contributed by atoms with Crippen molar-refractivity contribution in [2.75, 3.05) is 11.9 Å². The third-order valence-corrected chi connectivity index (χ3v) is 5.22. The Balaban J connectivity index is 1.93. The number of hydrogen-bond donors (Lipinski definition) is 1. The van der Waals surface area contributed by atoms with Crippen LogP contribution in [-0.4, -0.2) is 16.3 Å². The van der Waals surface area contributed by atoms with Gasteiger partial charge in [-0.25, -0.2) is 9.07 Å². The van der Waals surface area contributed by atoms with Crippen molar-refractivity contribution < 1.29 is 4.39 Å². The summed E-state index contributed by atoms with van der Waals surface area (Å²) in [5.74, 6) is 0.672. The van der Waals surface area contributed by atoms with Gasteiger partial charge in [-0.3, -0.25) is 0 Å². The SMILES string of the molecule is Fc1ccc(-c2nn(-c3cccc(Cl)c3Cl)c3c2CCCCN3)cc1. The lowest BCUT2D eigenvalue weighted by atomic mass is 10.0. The Morgan fingerprint density at radius 2 is 1.84 bits per heavy atom. The third-order valence-electron chi connectivity index (χ3n) is 4.41. The lowest BCUT2D eigenvalue weighted by molar-refractivity contribution is 0.628. The summed E-state index contributed by atoms with van der Waals surface area (Å²) in [6.45, 7) is 0.875. The minimum atomic E-state index is -0.259. The van der Waals surface area contributed by atoms with Crippen molar-refractivity contribution in [2.45, 2.75) is 19.3 Å². The van der Waals surface area contributed by atoms with Gasteiger partial charge in [-0.2, -0.15) is 5.10 Å². The molecule has 0 atom stereocenters.